The quantitative estimate of drug-likeness (QED) is 0.603. The lowest BCUT2D eigenvalue weighted by Crippen LogP contribution is -2.40. The minimum atomic E-state index is -3.65. The van der Waals surface area contributed by atoms with Crippen LogP contribution in [0.1, 0.15) is 19.8 Å². The summed E-state index contributed by atoms with van der Waals surface area (Å²) in [5, 5.41) is 10.4. The average molecular weight is 181 g/mol. The maximum atomic E-state index is 12.3. The minimum absolute atomic E-state index is 0.430. The molecular formula is C7H13F2NO2. The van der Waals surface area contributed by atoms with Crippen molar-refractivity contribution >= 4 is 5.97 Å². The lowest BCUT2D eigenvalue weighted by molar-refractivity contribution is -0.163. The molecule has 0 heterocycles. The topological polar surface area (TPSA) is 49.3 Å². The van der Waals surface area contributed by atoms with Crippen LogP contribution >= 0.6 is 0 Å². The first-order chi connectivity index (χ1) is 5.50. The number of unbranched alkanes of at least 4 members (excludes halogenated alkanes) is 1. The monoisotopic (exact) mass is 181 g/mol. The van der Waals surface area contributed by atoms with Crippen molar-refractivity contribution in [1.82, 2.24) is 5.32 Å². The van der Waals surface area contributed by atoms with E-state index in [4.69, 9.17) is 5.11 Å². The van der Waals surface area contributed by atoms with Crippen molar-refractivity contribution < 1.29 is 18.7 Å². The van der Waals surface area contributed by atoms with Gasteiger partial charge in [-0.3, -0.25) is 0 Å². The number of rotatable bonds is 6. The summed E-state index contributed by atoms with van der Waals surface area (Å²) in [5.74, 6) is -5.72. The van der Waals surface area contributed by atoms with Crippen LogP contribution in [0.4, 0.5) is 8.78 Å². The highest BCUT2D eigenvalue weighted by atomic mass is 19.3. The molecule has 72 valence electrons. The second kappa shape index (κ2) is 5.03. The molecule has 0 aliphatic rings. The Morgan fingerprint density at radius 1 is 1.58 bits per heavy atom. The molecule has 0 radical (unpaired) electrons. The SMILES string of the molecule is CCCCNCC(F)(F)C(=O)O. The molecule has 0 aromatic carbocycles. The molecule has 0 amide bonds. The fraction of sp³-hybridized carbons (Fsp3) is 0.857. The van der Waals surface area contributed by atoms with Crippen LogP contribution in [0, 0.1) is 0 Å². The average Bonchev–Trinajstić information content (AvgIpc) is 1.98. The third kappa shape index (κ3) is 4.23. The van der Waals surface area contributed by atoms with Crippen molar-refractivity contribution in [3.8, 4) is 0 Å². The molecule has 12 heavy (non-hydrogen) atoms. The summed E-state index contributed by atoms with van der Waals surface area (Å²) in [6.45, 7) is 1.57. The Bertz CT molecular complexity index is 150. The summed E-state index contributed by atoms with van der Waals surface area (Å²) in [5.41, 5.74) is 0. The number of nitrogens with one attached hydrogen (secondary N) is 1. The van der Waals surface area contributed by atoms with Crippen LogP contribution in [0.15, 0.2) is 0 Å². The molecule has 0 bridgehead atoms. The first-order valence-electron chi connectivity index (χ1n) is 3.82. The fourth-order valence-electron chi connectivity index (χ4n) is 0.623. The molecule has 0 saturated carbocycles. The van der Waals surface area contributed by atoms with Gasteiger partial charge in [-0.15, -0.1) is 0 Å². The van der Waals surface area contributed by atoms with Gasteiger partial charge in [0, 0.05) is 0 Å². The van der Waals surface area contributed by atoms with E-state index >= 15 is 0 Å². The van der Waals surface area contributed by atoms with Crippen LogP contribution in [0.3, 0.4) is 0 Å². The van der Waals surface area contributed by atoms with Gasteiger partial charge in [-0.1, -0.05) is 13.3 Å². The molecule has 0 aromatic heterocycles. The predicted octanol–water partition coefficient (Wildman–Crippen LogP) is 1.10. The zero-order valence-electron chi connectivity index (χ0n) is 6.94. The molecule has 2 N–H and O–H groups in total. The first kappa shape index (κ1) is 11.3. The van der Waals surface area contributed by atoms with Gasteiger partial charge in [0.1, 0.15) is 0 Å². The van der Waals surface area contributed by atoms with Gasteiger partial charge in [-0.2, -0.15) is 8.78 Å². The number of carbonyl (C=O) groups is 1. The Morgan fingerprint density at radius 3 is 2.58 bits per heavy atom. The zero-order chi connectivity index (χ0) is 9.61. The molecule has 5 heteroatoms. The van der Waals surface area contributed by atoms with E-state index in [0.717, 1.165) is 12.8 Å². The maximum Gasteiger partial charge on any atom is 0.375 e. The lowest BCUT2D eigenvalue weighted by Gasteiger charge is -2.11. The first-order valence-corrected chi connectivity index (χ1v) is 3.82. The predicted molar refractivity (Wildman–Crippen MR) is 40.4 cm³/mol. The Morgan fingerprint density at radius 2 is 2.17 bits per heavy atom. The highest BCUT2D eigenvalue weighted by Crippen LogP contribution is 2.11. The number of alkyl halides is 2. The zero-order valence-corrected chi connectivity index (χ0v) is 6.94. The van der Waals surface area contributed by atoms with Crippen LogP contribution in [0.25, 0.3) is 0 Å². The number of carboxylic acid groups (broad SMARTS) is 1. The smallest absolute Gasteiger partial charge is 0.375 e. The van der Waals surface area contributed by atoms with Crippen LogP contribution in [0.5, 0.6) is 0 Å². The Balaban J connectivity index is 3.54. The number of halogens is 2. The van der Waals surface area contributed by atoms with E-state index in [1.54, 1.807) is 0 Å². The summed E-state index contributed by atoms with van der Waals surface area (Å²) >= 11 is 0. The normalized spacial score (nSPS) is 11.6. The fourth-order valence-corrected chi connectivity index (χ4v) is 0.623. The van der Waals surface area contributed by atoms with E-state index in [1.807, 2.05) is 6.92 Å². The van der Waals surface area contributed by atoms with E-state index in [0.29, 0.717) is 6.54 Å². The van der Waals surface area contributed by atoms with Gasteiger partial charge in [0.05, 0.1) is 6.54 Å². The third-order valence-corrected chi connectivity index (χ3v) is 1.37. The molecule has 0 rings (SSSR count). The summed E-state index contributed by atoms with van der Waals surface area (Å²) in [4.78, 5) is 9.89. The number of aliphatic carboxylic acids is 1. The summed E-state index contributed by atoms with van der Waals surface area (Å²) in [6, 6.07) is 0. The second-order valence-corrected chi connectivity index (χ2v) is 2.54. The molecule has 0 unspecified atom stereocenters. The van der Waals surface area contributed by atoms with E-state index in [1.165, 1.54) is 0 Å². The minimum Gasteiger partial charge on any atom is -0.477 e. The van der Waals surface area contributed by atoms with Gasteiger partial charge in [-0.25, -0.2) is 4.79 Å². The van der Waals surface area contributed by atoms with E-state index in [9.17, 15) is 13.6 Å². The van der Waals surface area contributed by atoms with Crippen LogP contribution < -0.4 is 5.32 Å². The summed E-state index contributed by atoms with van der Waals surface area (Å²) < 4.78 is 24.6. The van der Waals surface area contributed by atoms with Crippen LogP contribution in [-0.4, -0.2) is 30.1 Å². The van der Waals surface area contributed by atoms with Gasteiger partial charge in [-0.05, 0) is 13.0 Å². The van der Waals surface area contributed by atoms with E-state index in [2.05, 4.69) is 5.32 Å². The van der Waals surface area contributed by atoms with Gasteiger partial charge in [0.25, 0.3) is 0 Å². The Hall–Kier alpha value is -0.710. The number of hydrogen-bond acceptors (Lipinski definition) is 2. The summed E-state index contributed by atoms with van der Waals surface area (Å²) in [6.07, 6.45) is 1.67. The molecular weight excluding hydrogens is 168 g/mol. The Labute approximate surface area is 69.8 Å². The molecule has 0 aliphatic heterocycles. The molecule has 0 fully saturated rings. The van der Waals surface area contributed by atoms with Crippen molar-refractivity contribution in [2.45, 2.75) is 25.7 Å². The maximum absolute atomic E-state index is 12.3. The molecule has 0 saturated heterocycles. The van der Waals surface area contributed by atoms with Gasteiger partial charge in [0.2, 0.25) is 0 Å². The van der Waals surface area contributed by atoms with Crippen molar-refractivity contribution in [3.05, 3.63) is 0 Å². The second-order valence-electron chi connectivity index (χ2n) is 2.54. The molecule has 0 aliphatic carbocycles. The molecule has 3 nitrogen and oxygen atoms in total. The highest BCUT2D eigenvalue weighted by molar-refractivity contribution is 5.75. The number of hydrogen-bond donors (Lipinski definition) is 2. The lowest BCUT2D eigenvalue weighted by atomic mass is 10.3. The molecule has 0 atom stereocenters. The van der Waals surface area contributed by atoms with Gasteiger partial charge < -0.3 is 10.4 Å². The van der Waals surface area contributed by atoms with Gasteiger partial charge >= 0.3 is 11.9 Å². The third-order valence-electron chi connectivity index (χ3n) is 1.37. The summed E-state index contributed by atoms with van der Waals surface area (Å²) in [7, 11) is 0. The molecule has 0 spiro atoms. The van der Waals surface area contributed by atoms with Crippen LogP contribution in [0.2, 0.25) is 0 Å². The Kier molecular flexibility index (Phi) is 4.73. The van der Waals surface area contributed by atoms with Crippen molar-refractivity contribution in [3.63, 3.8) is 0 Å². The number of carboxylic acids is 1. The van der Waals surface area contributed by atoms with Gasteiger partial charge in [0.15, 0.2) is 0 Å². The van der Waals surface area contributed by atoms with E-state index < -0.39 is 18.4 Å². The standard InChI is InChI=1S/C7H13F2NO2/c1-2-3-4-10-5-7(8,9)6(11)12/h10H,2-5H2,1H3,(H,11,12). The van der Waals surface area contributed by atoms with Crippen LogP contribution in [-0.2, 0) is 4.79 Å². The molecule has 0 aromatic rings. The largest absolute Gasteiger partial charge is 0.477 e. The van der Waals surface area contributed by atoms with Crippen molar-refractivity contribution in [1.29, 1.82) is 0 Å². The van der Waals surface area contributed by atoms with E-state index in [-0.39, 0.29) is 0 Å². The van der Waals surface area contributed by atoms with Crippen molar-refractivity contribution in [2.24, 2.45) is 0 Å². The van der Waals surface area contributed by atoms with Crippen molar-refractivity contribution in [2.75, 3.05) is 13.1 Å². The highest BCUT2D eigenvalue weighted by Gasteiger charge is 2.37.